The van der Waals surface area contributed by atoms with E-state index in [1.165, 1.54) is 0 Å². The zero-order valence-corrected chi connectivity index (χ0v) is 13.1. The van der Waals surface area contributed by atoms with E-state index in [0.717, 1.165) is 18.1 Å². The monoisotopic (exact) mass is 268 g/mol. The van der Waals surface area contributed by atoms with Gasteiger partial charge < -0.3 is 19.4 Å². The molecule has 0 unspecified atom stereocenters. The number of ether oxygens (including phenoxy) is 1. The van der Waals surface area contributed by atoms with Crippen molar-refractivity contribution in [2.24, 2.45) is 0 Å². The van der Waals surface area contributed by atoms with E-state index in [4.69, 9.17) is 9.15 Å². The SMILES string of the molecule is CC(C)NCc1ccc(COCC(C)(C)N(C)C)o1. The van der Waals surface area contributed by atoms with Crippen LogP contribution in [0.5, 0.6) is 0 Å². The van der Waals surface area contributed by atoms with Crippen molar-refractivity contribution >= 4 is 0 Å². The average molecular weight is 268 g/mol. The minimum atomic E-state index is 0.0363. The second-order valence-electron chi connectivity index (χ2n) is 6.10. The van der Waals surface area contributed by atoms with Crippen molar-refractivity contribution in [1.82, 2.24) is 10.2 Å². The maximum Gasteiger partial charge on any atom is 0.129 e. The van der Waals surface area contributed by atoms with Gasteiger partial charge in [-0.15, -0.1) is 0 Å². The van der Waals surface area contributed by atoms with Crippen molar-refractivity contribution in [2.45, 2.75) is 52.4 Å². The second-order valence-corrected chi connectivity index (χ2v) is 6.10. The van der Waals surface area contributed by atoms with Crippen LogP contribution in [0.4, 0.5) is 0 Å². The molecule has 1 aromatic heterocycles. The van der Waals surface area contributed by atoms with Crippen LogP contribution in [0.2, 0.25) is 0 Å². The molecule has 0 atom stereocenters. The lowest BCUT2D eigenvalue weighted by Crippen LogP contribution is -2.42. The Morgan fingerprint density at radius 2 is 1.89 bits per heavy atom. The van der Waals surface area contributed by atoms with E-state index in [0.29, 0.717) is 19.3 Å². The average Bonchev–Trinajstić information content (AvgIpc) is 2.74. The quantitative estimate of drug-likeness (QED) is 0.786. The number of likely N-dealkylation sites (N-methyl/N-ethyl adjacent to an activating group) is 1. The summed E-state index contributed by atoms with van der Waals surface area (Å²) in [6.45, 7) is 10.5. The van der Waals surface area contributed by atoms with Gasteiger partial charge in [-0.2, -0.15) is 0 Å². The summed E-state index contributed by atoms with van der Waals surface area (Å²) in [4.78, 5) is 2.16. The van der Waals surface area contributed by atoms with E-state index in [2.05, 4.69) is 52.0 Å². The number of hydrogen-bond acceptors (Lipinski definition) is 4. The molecule has 1 aromatic rings. The third-order valence-corrected chi connectivity index (χ3v) is 3.31. The van der Waals surface area contributed by atoms with Crippen LogP contribution in [0.1, 0.15) is 39.2 Å². The molecule has 4 nitrogen and oxygen atoms in total. The molecule has 1 heterocycles. The minimum absolute atomic E-state index is 0.0363. The number of nitrogens with zero attached hydrogens (tertiary/aromatic N) is 1. The standard InChI is InChI=1S/C15H28N2O2/c1-12(2)16-9-13-7-8-14(19-13)10-18-11-15(3,4)17(5)6/h7-8,12,16H,9-11H2,1-6H3. The molecule has 0 aliphatic heterocycles. The fraction of sp³-hybridized carbons (Fsp3) is 0.733. The van der Waals surface area contributed by atoms with E-state index >= 15 is 0 Å². The Balaban J connectivity index is 2.34. The lowest BCUT2D eigenvalue weighted by Gasteiger charge is -2.31. The van der Waals surface area contributed by atoms with E-state index in [1.54, 1.807) is 0 Å². The topological polar surface area (TPSA) is 37.6 Å². The summed E-state index contributed by atoms with van der Waals surface area (Å²) in [5.41, 5.74) is 0.0363. The lowest BCUT2D eigenvalue weighted by atomic mass is 10.1. The summed E-state index contributed by atoms with van der Waals surface area (Å²) in [6.07, 6.45) is 0. The summed E-state index contributed by atoms with van der Waals surface area (Å²) in [7, 11) is 4.12. The summed E-state index contributed by atoms with van der Waals surface area (Å²) < 4.78 is 11.4. The van der Waals surface area contributed by atoms with Crippen LogP contribution < -0.4 is 5.32 Å². The van der Waals surface area contributed by atoms with Crippen molar-refractivity contribution in [2.75, 3.05) is 20.7 Å². The first kappa shape index (κ1) is 16.2. The Bertz CT molecular complexity index is 370. The lowest BCUT2D eigenvalue weighted by molar-refractivity contribution is 0.0206. The molecule has 0 aromatic carbocycles. The molecule has 110 valence electrons. The Hall–Kier alpha value is -0.840. The molecule has 0 saturated heterocycles. The first-order valence-corrected chi connectivity index (χ1v) is 6.87. The van der Waals surface area contributed by atoms with Crippen molar-refractivity contribution in [1.29, 1.82) is 0 Å². The Kier molecular flexibility index (Phi) is 6.04. The summed E-state index contributed by atoms with van der Waals surface area (Å²) >= 11 is 0. The van der Waals surface area contributed by atoms with Crippen LogP contribution >= 0.6 is 0 Å². The summed E-state index contributed by atoms with van der Waals surface area (Å²) in [5, 5.41) is 3.33. The molecule has 0 aliphatic carbocycles. The van der Waals surface area contributed by atoms with Crippen LogP contribution in [-0.4, -0.2) is 37.2 Å². The van der Waals surface area contributed by atoms with E-state index in [9.17, 15) is 0 Å². The predicted octanol–water partition coefficient (Wildman–Crippen LogP) is 2.63. The first-order chi connectivity index (χ1) is 8.81. The molecule has 0 saturated carbocycles. The molecule has 0 amide bonds. The number of hydrogen-bond donors (Lipinski definition) is 1. The van der Waals surface area contributed by atoms with Crippen molar-refractivity contribution in [3.8, 4) is 0 Å². The van der Waals surface area contributed by atoms with E-state index < -0.39 is 0 Å². The third kappa shape index (κ3) is 5.76. The highest BCUT2D eigenvalue weighted by Crippen LogP contribution is 2.13. The van der Waals surface area contributed by atoms with Gasteiger partial charge in [0, 0.05) is 11.6 Å². The molecule has 4 heteroatoms. The van der Waals surface area contributed by atoms with Gasteiger partial charge in [-0.3, -0.25) is 0 Å². The van der Waals surface area contributed by atoms with Crippen LogP contribution in [-0.2, 0) is 17.9 Å². The van der Waals surface area contributed by atoms with E-state index in [1.807, 2.05) is 12.1 Å². The smallest absolute Gasteiger partial charge is 0.129 e. The molecular formula is C15H28N2O2. The van der Waals surface area contributed by atoms with Crippen molar-refractivity contribution < 1.29 is 9.15 Å². The molecule has 1 N–H and O–H groups in total. The molecule has 0 aliphatic rings. The zero-order valence-electron chi connectivity index (χ0n) is 13.1. The van der Waals surface area contributed by atoms with Gasteiger partial charge in [-0.1, -0.05) is 13.8 Å². The van der Waals surface area contributed by atoms with Gasteiger partial charge in [0.1, 0.15) is 18.1 Å². The fourth-order valence-electron chi connectivity index (χ4n) is 1.43. The molecular weight excluding hydrogens is 240 g/mol. The molecule has 0 radical (unpaired) electrons. The molecule has 0 fully saturated rings. The first-order valence-electron chi connectivity index (χ1n) is 6.87. The van der Waals surface area contributed by atoms with Crippen LogP contribution in [0, 0.1) is 0 Å². The Morgan fingerprint density at radius 3 is 2.47 bits per heavy atom. The molecule has 1 rings (SSSR count). The van der Waals surface area contributed by atoms with Gasteiger partial charge in [0.05, 0.1) is 13.2 Å². The van der Waals surface area contributed by atoms with Gasteiger partial charge >= 0.3 is 0 Å². The third-order valence-electron chi connectivity index (χ3n) is 3.31. The Labute approximate surface area is 117 Å². The molecule has 0 spiro atoms. The van der Waals surface area contributed by atoms with Gasteiger partial charge in [0.15, 0.2) is 0 Å². The summed E-state index contributed by atoms with van der Waals surface area (Å²) in [6, 6.07) is 4.45. The molecule has 0 bridgehead atoms. The van der Waals surface area contributed by atoms with Gasteiger partial charge in [-0.25, -0.2) is 0 Å². The highest BCUT2D eigenvalue weighted by molar-refractivity contribution is 5.06. The normalized spacial score (nSPS) is 12.6. The molecule has 19 heavy (non-hydrogen) atoms. The largest absolute Gasteiger partial charge is 0.462 e. The van der Waals surface area contributed by atoms with Crippen molar-refractivity contribution in [3.05, 3.63) is 23.7 Å². The highest BCUT2D eigenvalue weighted by atomic mass is 16.5. The fourth-order valence-corrected chi connectivity index (χ4v) is 1.43. The van der Waals surface area contributed by atoms with Crippen LogP contribution in [0.3, 0.4) is 0 Å². The van der Waals surface area contributed by atoms with Crippen LogP contribution in [0.15, 0.2) is 16.5 Å². The summed E-state index contributed by atoms with van der Waals surface area (Å²) in [5.74, 6) is 1.84. The van der Waals surface area contributed by atoms with Crippen molar-refractivity contribution in [3.63, 3.8) is 0 Å². The van der Waals surface area contributed by atoms with Gasteiger partial charge in [-0.05, 0) is 40.1 Å². The van der Waals surface area contributed by atoms with E-state index in [-0.39, 0.29) is 5.54 Å². The minimum Gasteiger partial charge on any atom is -0.462 e. The predicted molar refractivity (Wildman–Crippen MR) is 78.1 cm³/mol. The maximum absolute atomic E-state index is 5.73. The zero-order chi connectivity index (χ0) is 14.5. The Morgan fingerprint density at radius 1 is 1.26 bits per heavy atom. The number of rotatable bonds is 8. The number of nitrogens with one attached hydrogen (secondary N) is 1. The van der Waals surface area contributed by atoms with Crippen LogP contribution in [0.25, 0.3) is 0 Å². The van der Waals surface area contributed by atoms with Gasteiger partial charge in [0.25, 0.3) is 0 Å². The second kappa shape index (κ2) is 7.08. The number of furan rings is 1. The van der Waals surface area contributed by atoms with Gasteiger partial charge in [0.2, 0.25) is 0 Å². The highest BCUT2D eigenvalue weighted by Gasteiger charge is 2.20. The maximum atomic E-state index is 5.73.